The fraction of sp³-hybridized carbons (Fsp3) is 0.158. The number of allylic oxidation sites excluding steroid dienone is 1. The molecule has 0 saturated heterocycles. The number of hydrogen-bond donors (Lipinski definition) is 3. The number of methoxy groups -OCH3 is 1. The molecule has 0 fully saturated rings. The van der Waals surface area contributed by atoms with Crippen molar-refractivity contribution >= 4 is 34.7 Å². The van der Waals surface area contributed by atoms with Gasteiger partial charge in [0.2, 0.25) is 0 Å². The summed E-state index contributed by atoms with van der Waals surface area (Å²) in [5.41, 5.74) is 2.02. The van der Waals surface area contributed by atoms with Crippen LogP contribution in [0.1, 0.15) is 28.9 Å². The maximum Gasteiger partial charge on any atom is 0.193 e. The highest BCUT2D eigenvalue weighted by atomic mass is 35.5. The summed E-state index contributed by atoms with van der Waals surface area (Å²) >= 11 is 11.4. The zero-order chi connectivity index (χ0) is 18.8. The molecule has 0 amide bonds. The van der Waals surface area contributed by atoms with Gasteiger partial charge in [-0.15, -0.1) is 0 Å². The molecule has 0 spiro atoms. The number of hydrogen-bond acceptors (Lipinski definition) is 4. The van der Waals surface area contributed by atoms with Gasteiger partial charge >= 0.3 is 0 Å². The Kier molecular flexibility index (Phi) is 5.15. The first kappa shape index (κ1) is 18.2. The molecule has 5 nitrogen and oxygen atoms in total. The van der Waals surface area contributed by atoms with Gasteiger partial charge in [0.05, 0.1) is 13.2 Å². The van der Waals surface area contributed by atoms with Gasteiger partial charge < -0.3 is 20.5 Å². The third-order valence-electron chi connectivity index (χ3n) is 4.15. The van der Waals surface area contributed by atoms with E-state index in [0.717, 1.165) is 0 Å². The third kappa shape index (κ3) is 3.38. The number of phenols is 1. The molecule has 1 heterocycles. The van der Waals surface area contributed by atoms with Crippen molar-refractivity contribution in [3.05, 3.63) is 69.9 Å². The van der Waals surface area contributed by atoms with Crippen LogP contribution in [-0.4, -0.2) is 23.1 Å². The van der Waals surface area contributed by atoms with Crippen LogP contribution in [0.4, 0.5) is 0 Å². The Morgan fingerprint density at radius 2 is 1.96 bits per heavy atom. The monoisotopic (exact) mass is 388 g/mol. The molecule has 7 heteroatoms. The number of benzene rings is 2. The van der Waals surface area contributed by atoms with Gasteiger partial charge in [-0.1, -0.05) is 41.9 Å². The van der Waals surface area contributed by atoms with Gasteiger partial charge in [-0.2, -0.15) is 0 Å². The molecule has 2 aromatic carbocycles. The van der Waals surface area contributed by atoms with Crippen molar-refractivity contribution in [3.8, 4) is 11.5 Å². The molecule has 0 saturated carbocycles. The summed E-state index contributed by atoms with van der Waals surface area (Å²) in [5.74, 6) is -0.0397. The number of halogens is 1. The quantitative estimate of drug-likeness (QED) is 0.547. The average molecular weight is 389 g/mol. The molecule has 1 aliphatic heterocycles. The Hall–Kier alpha value is -2.57. The van der Waals surface area contributed by atoms with Crippen molar-refractivity contribution in [2.24, 2.45) is 0 Å². The topological polar surface area (TPSA) is 70.6 Å². The second-order valence-corrected chi connectivity index (χ2v) is 6.66. The van der Waals surface area contributed by atoms with Crippen LogP contribution in [0.25, 0.3) is 0 Å². The van der Waals surface area contributed by atoms with Crippen molar-refractivity contribution in [2.75, 3.05) is 7.11 Å². The van der Waals surface area contributed by atoms with E-state index in [1.165, 1.54) is 13.2 Å². The maximum absolute atomic E-state index is 13.1. The van der Waals surface area contributed by atoms with Crippen molar-refractivity contribution in [2.45, 2.75) is 13.0 Å². The molecule has 0 aliphatic carbocycles. The lowest BCUT2D eigenvalue weighted by atomic mass is 9.89. The molecule has 26 heavy (non-hydrogen) atoms. The molecule has 3 N–H and O–H groups in total. The van der Waals surface area contributed by atoms with E-state index in [1.54, 1.807) is 37.3 Å². The predicted octanol–water partition coefficient (Wildman–Crippen LogP) is 3.73. The Balaban J connectivity index is 2.16. The summed E-state index contributed by atoms with van der Waals surface area (Å²) < 4.78 is 5.18. The average Bonchev–Trinajstić information content (AvgIpc) is 2.63. The fourth-order valence-electron chi connectivity index (χ4n) is 2.94. The molecular formula is C19H17ClN2O3S. The Morgan fingerprint density at radius 1 is 1.27 bits per heavy atom. The van der Waals surface area contributed by atoms with Gasteiger partial charge in [-0.25, -0.2) is 0 Å². The molecule has 0 aromatic heterocycles. The van der Waals surface area contributed by atoms with E-state index in [4.69, 9.17) is 28.6 Å². The Morgan fingerprint density at radius 3 is 2.62 bits per heavy atom. The number of nitrogens with one attached hydrogen (secondary N) is 2. The number of aromatic hydroxyl groups is 1. The van der Waals surface area contributed by atoms with Gasteiger partial charge in [0, 0.05) is 33.5 Å². The van der Waals surface area contributed by atoms with Crippen LogP contribution in [0.15, 0.2) is 53.7 Å². The van der Waals surface area contributed by atoms with E-state index >= 15 is 0 Å². The summed E-state index contributed by atoms with van der Waals surface area (Å²) in [4.78, 5) is 13.1. The molecule has 0 radical (unpaired) electrons. The van der Waals surface area contributed by atoms with E-state index in [-0.39, 0.29) is 17.3 Å². The first-order valence-corrected chi connectivity index (χ1v) is 8.65. The maximum atomic E-state index is 13.1. The molecule has 1 aliphatic rings. The third-order valence-corrected chi connectivity index (χ3v) is 4.59. The molecule has 1 unspecified atom stereocenters. The molecule has 2 aromatic rings. The smallest absolute Gasteiger partial charge is 0.193 e. The zero-order valence-corrected chi connectivity index (χ0v) is 15.7. The van der Waals surface area contributed by atoms with Gasteiger partial charge in [0.15, 0.2) is 22.4 Å². The summed E-state index contributed by atoms with van der Waals surface area (Å²) in [6, 6.07) is 11.4. The number of carbonyl (C=O) groups excluding carboxylic acids is 1. The number of ketones is 1. The second kappa shape index (κ2) is 7.35. The minimum atomic E-state index is -0.663. The van der Waals surface area contributed by atoms with E-state index < -0.39 is 6.04 Å². The second-order valence-electron chi connectivity index (χ2n) is 5.81. The van der Waals surface area contributed by atoms with Crippen molar-refractivity contribution in [1.82, 2.24) is 10.6 Å². The van der Waals surface area contributed by atoms with Crippen molar-refractivity contribution in [1.29, 1.82) is 0 Å². The fourth-order valence-corrected chi connectivity index (χ4v) is 3.43. The van der Waals surface area contributed by atoms with Crippen LogP contribution in [0.2, 0.25) is 5.02 Å². The standard InChI is InChI=1S/C19H17ClN2O3S/c1-10-15(17(23)11-6-4-3-5-7-11)16(22-19(26)21-10)13-8-12(20)9-14(25-2)18(13)24/h3-9,16,24H,1-2H3,(H2,21,22,26). The normalized spacial score (nSPS) is 16.7. The lowest BCUT2D eigenvalue weighted by Gasteiger charge is -2.31. The van der Waals surface area contributed by atoms with Crippen LogP contribution in [0.5, 0.6) is 11.5 Å². The Labute approximate surface area is 161 Å². The number of phenolic OH excluding ortho intramolecular Hbond substituents is 1. The number of ether oxygens (including phenoxy) is 1. The largest absolute Gasteiger partial charge is 0.504 e. The minimum Gasteiger partial charge on any atom is -0.504 e. The molecule has 0 bridgehead atoms. The molecule has 1 atom stereocenters. The van der Waals surface area contributed by atoms with Crippen LogP contribution >= 0.6 is 23.8 Å². The zero-order valence-electron chi connectivity index (χ0n) is 14.2. The number of carbonyl (C=O) groups is 1. The summed E-state index contributed by atoms with van der Waals surface area (Å²) in [7, 11) is 1.44. The van der Waals surface area contributed by atoms with Crippen LogP contribution in [0, 0.1) is 0 Å². The van der Waals surface area contributed by atoms with Crippen molar-refractivity contribution in [3.63, 3.8) is 0 Å². The van der Waals surface area contributed by atoms with E-state index in [2.05, 4.69) is 10.6 Å². The number of rotatable bonds is 4. The summed E-state index contributed by atoms with van der Waals surface area (Å²) in [6.07, 6.45) is 0. The lowest BCUT2D eigenvalue weighted by molar-refractivity contribution is 0.102. The van der Waals surface area contributed by atoms with Crippen LogP contribution in [-0.2, 0) is 0 Å². The first-order chi connectivity index (χ1) is 12.4. The molecular weight excluding hydrogens is 372 g/mol. The van der Waals surface area contributed by atoms with Gasteiger partial charge in [0.1, 0.15) is 0 Å². The van der Waals surface area contributed by atoms with Gasteiger partial charge in [0.25, 0.3) is 0 Å². The van der Waals surface area contributed by atoms with Crippen LogP contribution in [0.3, 0.4) is 0 Å². The molecule has 3 rings (SSSR count). The SMILES string of the molecule is COc1cc(Cl)cc(C2NC(=S)NC(C)=C2C(=O)c2ccccc2)c1O. The van der Waals surface area contributed by atoms with E-state index in [9.17, 15) is 9.90 Å². The van der Waals surface area contributed by atoms with E-state index in [1.807, 2.05) is 6.07 Å². The van der Waals surface area contributed by atoms with E-state index in [0.29, 0.717) is 32.5 Å². The van der Waals surface area contributed by atoms with Gasteiger partial charge in [-0.05, 0) is 25.2 Å². The summed E-state index contributed by atoms with van der Waals surface area (Å²) in [5, 5.41) is 17.3. The highest BCUT2D eigenvalue weighted by molar-refractivity contribution is 7.80. The lowest BCUT2D eigenvalue weighted by Crippen LogP contribution is -2.44. The predicted molar refractivity (Wildman–Crippen MR) is 105 cm³/mol. The first-order valence-electron chi connectivity index (χ1n) is 7.86. The van der Waals surface area contributed by atoms with Crippen LogP contribution < -0.4 is 15.4 Å². The highest BCUT2D eigenvalue weighted by Gasteiger charge is 2.33. The molecule has 134 valence electrons. The minimum absolute atomic E-state index is 0.0924. The van der Waals surface area contributed by atoms with Crippen molar-refractivity contribution < 1.29 is 14.6 Å². The highest BCUT2D eigenvalue weighted by Crippen LogP contribution is 2.41. The Bertz CT molecular complexity index is 913. The van der Waals surface area contributed by atoms with Gasteiger partial charge in [-0.3, -0.25) is 4.79 Å². The number of Topliss-reactive ketones (excluding diaryl/α,β-unsaturated/α-hetero) is 1. The number of thiocarbonyl (C=S) groups is 1. The summed E-state index contributed by atoms with van der Waals surface area (Å²) in [6.45, 7) is 1.77.